The quantitative estimate of drug-likeness (QED) is 0.128. The Morgan fingerprint density at radius 1 is 1.03 bits per heavy atom. The lowest BCUT2D eigenvalue weighted by atomic mass is 10.0. The van der Waals surface area contributed by atoms with Crippen molar-refractivity contribution >= 4 is 40.4 Å². The van der Waals surface area contributed by atoms with Crippen LogP contribution in [-0.2, 0) is 31.9 Å². The molecule has 0 aliphatic carbocycles. The van der Waals surface area contributed by atoms with Gasteiger partial charge in [-0.15, -0.1) is 0 Å². The van der Waals surface area contributed by atoms with Crippen molar-refractivity contribution in [1.82, 2.24) is 20.3 Å². The molecular formula is C25H27N5O8S. The molecule has 1 heterocycles. The molecule has 3 N–H and O–H groups in total. The van der Waals surface area contributed by atoms with Crippen LogP contribution in [0.1, 0.15) is 40.1 Å². The number of nitro groups is 1. The van der Waals surface area contributed by atoms with E-state index in [9.17, 15) is 33.5 Å². The van der Waals surface area contributed by atoms with Gasteiger partial charge in [0.2, 0.25) is 0 Å². The Morgan fingerprint density at radius 3 is 2.13 bits per heavy atom. The third-order valence-corrected chi connectivity index (χ3v) is 7.14. The van der Waals surface area contributed by atoms with Gasteiger partial charge in [0.1, 0.15) is 29.3 Å². The van der Waals surface area contributed by atoms with Gasteiger partial charge in [-0.25, -0.2) is 13.7 Å². The summed E-state index contributed by atoms with van der Waals surface area (Å²) in [6.07, 6.45) is 0. The number of nitrogens with one attached hydrogen (secondary N) is 3. The Morgan fingerprint density at radius 2 is 1.62 bits per heavy atom. The topological polar surface area (TPSA) is 177 Å². The van der Waals surface area contributed by atoms with E-state index < -0.39 is 51.0 Å². The maximum atomic E-state index is 13.2. The number of carbonyl (C=O) groups excluding carboxylic acids is 4. The highest BCUT2D eigenvalue weighted by Crippen LogP contribution is 2.30. The van der Waals surface area contributed by atoms with Crippen LogP contribution in [0.3, 0.4) is 0 Å². The number of nitrogens with zero attached hydrogens (tertiary/aromatic N) is 2. The van der Waals surface area contributed by atoms with Gasteiger partial charge in [-0.1, -0.05) is 12.1 Å². The lowest BCUT2D eigenvalue weighted by Gasteiger charge is -2.46. The highest BCUT2D eigenvalue weighted by Gasteiger charge is 2.55. The number of β-lactam (4-membered cyclic amide) rings is 1. The van der Waals surface area contributed by atoms with E-state index in [0.717, 1.165) is 4.90 Å². The number of benzene rings is 2. The molecule has 0 saturated carbocycles. The number of hydrogen-bond acceptors (Lipinski definition) is 8. The second kappa shape index (κ2) is 12.4. The predicted octanol–water partition coefficient (Wildman–Crippen LogP) is 1.14. The van der Waals surface area contributed by atoms with E-state index in [1.165, 1.54) is 50.5 Å². The minimum Gasteiger partial charge on any atom is -0.456 e. The van der Waals surface area contributed by atoms with Gasteiger partial charge >= 0.3 is 5.97 Å². The fourth-order valence-corrected chi connectivity index (χ4v) is 4.96. The molecule has 0 bridgehead atoms. The van der Waals surface area contributed by atoms with Gasteiger partial charge < -0.3 is 15.4 Å². The summed E-state index contributed by atoms with van der Waals surface area (Å²) in [5.74, 6) is -2.81. The van der Waals surface area contributed by atoms with Gasteiger partial charge in [-0.3, -0.25) is 29.4 Å². The molecule has 2 aromatic carbocycles. The summed E-state index contributed by atoms with van der Waals surface area (Å²) in [6.45, 7) is 2.91. The van der Waals surface area contributed by atoms with Gasteiger partial charge in [0.15, 0.2) is 5.37 Å². The second-order valence-corrected chi connectivity index (χ2v) is 10.0. The lowest BCUT2D eigenvalue weighted by molar-refractivity contribution is -0.384. The van der Waals surface area contributed by atoms with Crippen LogP contribution in [0.15, 0.2) is 59.8 Å². The number of carbonyl (C=O) groups is 4. The number of esters is 1. The van der Waals surface area contributed by atoms with Crippen molar-refractivity contribution in [2.75, 3.05) is 14.1 Å². The van der Waals surface area contributed by atoms with Gasteiger partial charge in [0, 0.05) is 19.2 Å². The molecule has 13 nitrogen and oxygen atoms in total. The number of hydrogen-bond donors (Lipinski definition) is 3. The summed E-state index contributed by atoms with van der Waals surface area (Å²) in [7, 11) is 0.910. The van der Waals surface area contributed by atoms with Gasteiger partial charge in [-0.05, 0) is 56.3 Å². The molecule has 14 heteroatoms. The summed E-state index contributed by atoms with van der Waals surface area (Å²) in [5, 5.41) is 14.6. The number of rotatable bonds is 10. The van der Waals surface area contributed by atoms with E-state index in [1.807, 2.05) is 0 Å². The number of ether oxygens (including phenoxy) is 1. The van der Waals surface area contributed by atoms with Crippen molar-refractivity contribution < 1.29 is 33.0 Å². The molecule has 1 fully saturated rings. The second-order valence-electron chi connectivity index (χ2n) is 8.52. The summed E-state index contributed by atoms with van der Waals surface area (Å²) in [5.41, 5.74) is 0.711. The normalized spacial score (nSPS) is 16.9. The van der Waals surface area contributed by atoms with E-state index in [1.54, 1.807) is 26.0 Å². The SMILES string of the molecule is CNC(=O)c1ccccc1C(=O)N[C@@H]1C(=O)N(C(C(=O)OCc2ccc([N+](=O)[O-])cc2)=C(C)C)[C@@H]1S(=O)NC. The smallest absolute Gasteiger partial charge is 0.355 e. The van der Waals surface area contributed by atoms with Crippen LogP contribution in [-0.4, -0.2) is 63.2 Å². The van der Waals surface area contributed by atoms with Gasteiger partial charge in [-0.2, -0.15) is 0 Å². The minimum atomic E-state index is -1.90. The zero-order valence-corrected chi connectivity index (χ0v) is 22.4. The van der Waals surface area contributed by atoms with Gasteiger partial charge in [0.05, 0.1) is 16.1 Å². The van der Waals surface area contributed by atoms with E-state index in [2.05, 4.69) is 15.4 Å². The Labute approximate surface area is 226 Å². The molecule has 0 radical (unpaired) electrons. The van der Waals surface area contributed by atoms with E-state index >= 15 is 0 Å². The Balaban J connectivity index is 1.81. The summed E-state index contributed by atoms with van der Waals surface area (Å²) >= 11 is 0. The average molecular weight is 558 g/mol. The number of amides is 3. The van der Waals surface area contributed by atoms with Crippen molar-refractivity contribution in [2.45, 2.75) is 31.9 Å². The molecule has 1 saturated heterocycles. The lowest BCUT2D eigenvalue weighted by Crippen LogP contribution is -2.73. The van der Waals surface area contributed by atoms with Crippen LogP contribution in [0.5, 0.6) is 0 Å². The van der Waals surface area contributed by atoms with E-state index in [0.29, 0.717) is 11.1 Å². The Bertz CT molecular complexity index is 1370. The average Bonchev–Trinajstić information content (AvgIpc) is 2.93. The largest absolute Gasteiger partial charge is 0.456 e. The standard InChI is InChI=1S/C25H27N5O8S/c1-14(2)20(25(34)38-13-15-9-11-16(12-10-15)30(35)36)29-23(33)19(24(29)39(37)27-4)28-22(32)18-8-6-5-7-17(18)21(31)26-3/h5-12,19,24,27H,13H2,1-4H3,(H,26,31)(H,28,32)/t19-,24-,39?/m1/s1. The van der Waals surface area contributed by atoms with Crippen LogP contribution in [0.25, 0.3) is 0 Å². The molecule has 2 aromatic rings. The number of likely N-dealkylation sites (tertiary alicyclic amines) is 1. The molecule has 1 unspecified atom stereocenters. The predicted molar refractivity (Wildman–Crippen MR) is 140 cm³/mol. The number of non-ortho nitro benzene ring substituents is 1. The first-order valence-electron chi connectivity index (χ1n) is 11.6. The number of allylic oxidation sites excluding steroid dienone is 1. The zero-order chi connectivity index (χ0) is 28.9. The third kappa shape index (κ3) is 6.18. The highest BCUT2D eigenvalue weighted by atomic mass is 32.2. The number of nitro benzene ring substituents is 1. The molecule has 1 aliphatic rings. The first-order chi connectivity index (χ1) is 18.5. The maximum absolute atomic E-state index is 13.2. The van der Waals surface area contributed by atoms with Gasteiger partial charge in [0.25, 0.3) is 23.4 Å². The summed E-state index contributed by atoms with van der Waals surface area (Å²) < 4.78 is 20.8. The van der Waals surface area contributed by atoms with Crippen molar-refractivity contribution in [1.29, 1.82) is 0 Å². The van der Waals surface area contributed by atoms with E-state index in [4.69, 9.17) is 4.74 Å². The van der Waals surface area contributed by atoms with Crippen LogP contribution < -0.4 is 15.4 Å². The molecule has 3 rings (SSSR count). The molecule has 206 valence electrons. The first-order valence-corrected chi connectivity index (χ1v) is 12.8. The Hall–Kier alpha value is -4.43. The monoisotopic (exact) mass is 557 g/mol. The third-order valence-electron chi connectivity index (χ3n) is 5.82. The van der Waals surface area contributed by atoms with Crippen LogP contribution in [0, 0.1) is 10.1 Å². The summed E-state index contributed by atoms with van der Waals surface area (Å²) in [4.78, 5) is 62.8. The molecule has 3 atom stereocenters. The maximum Gasteiger partial charge on any atom is 0.355 e. The first kappa shape index (κ1) is 29.1. The van der Waals surface area contributed by atoms with Crippen molar-refractivity contribution in [3.05, 3.63) is 86.6 Å². The zero-order valence-electron chi connectivity index (χ0n) is 21.5. The van der Waals surface area contributed by atoms with Crippen molar-refractivity contribution in [3.63, 3.8) is 0 Å². The molecular weight excluding hydrogens is 530 g/mol. The van der Waals surface area contributed by atoms with Crippen LogP contribution in [0.4, 0.5) is 5.69 Å². The van der Waals surface area contributed by atoms with Crippen molar-refractivity contribution in [2.24, 2.45) is 0 Å². The Kier molecular flexibility index (Phi) is 9.27. The fourth-order valence-electron chi connectivity index (χ4n) is 3.88. The fraction of sp³-hybridized carbons (Fsp3) is 0.280. The molecule has 3 amide bonds. The molecule has 0 aromatic heterocycles. The van der Waals surface area contributed by atoms with Crippen LogP contribution >= 0.6 is 0 Å². The highest BCUT2D eigenvalue weighted by molar-refractivity contribution is 7.83. The molecule has 1 aliphatic heterocycles. The summed E-state index contributed by atoms with van der Waals surface area (Å²) in [6, 6.07) is 10.2. The minimum absolute atomic E-state index is 0.0158. The molecule has 0 spiro atoms. The van der Waals surface area contributed by atoms with Crippen LogP contribution in [0.2, 0.25) is 0 Å². The molecule has 39 heavy (non-hydrogen) atoms. The van der Waals surface area contributed by atoms with E-state index in [-0.39, 0.29) is 29.1 Å². The van der Waals surface area contributed by atoms with Crippen molar-refractivity contribution in [3.8, 4) is 0 Å².